The summed E-state index contributed by atoms with van der Waals surface area (Å²) in [5, 5.41) is 10.1. The number of benzene rings is 1. The van der Waals surface area contributed by atoms with Crippen LogP contribution in [-0.4, -0.2) is 18.0 Å². The molecule has 3 aliphatic rings. The quantitative estimate of drug-likeness (QED) is 0.895. The van der Waals surface area contributed by atoms with Crippen LogP contribution in [0.15, 0.2) is 36.1 Å². The third-order valence-electron chi connectivity index (χ3n) is 6.18. The molecule has 3 aliphatic carbocycles. The Kier molecular flexibility index (Phi) is 3.15. The number of ether oxygens (including phenoxy) is 1. The van der Waals surface area contributed by atoms with Crippen molar-refractivity contribution in [3.05, 3.63) is 47.2 Å². The Bertz CT molecular complexity index is 743. The second-order valence-corrected chi connectivity index (χ2v) is 6.89. The number of carbonyl (C=O) groups is 1. The average Bonchev–Trinajstić information content (AvgIpc) is 2.85. The molecule has 3 nitrogen and oxygen atoms in total. The first-order valence-electron chi connectivity index (χ1n) is 8.44. The van der Waals surface area contributed by atoms with Crippen LogP contribution < -0.4 is 4.74 Å². The molecule has 0 spiro atoms. The van der Waals surface area contributed by atoms with Crippen LogP contribution in [0.4, 0.5) is 0 Å². The minimum absolute atomic E-state index is 0.0213. The molecule has 0 amide bonds. The van der Waals surface area contributed by atoms with Crippen molar-refractivity contribution in [1.29, 1.82) is 0 Å². The van der Waals surface area contributed by atoms with Crippen LogP contribution in [0, 0.1) is 17.3 Å². The van der Waals surface area contributed by atoms with E-state index in [0.717, 1.165) is 31.4 Å². The fourth-order valence-corrected chi connectivity index (χ4v) is 5.06. The van der Waals surface area contributed by atoms with Crippen molar-refractivity contribution >= 4 is 11.4 Å². The van der Waals surface area contributed by atoms with Crippen molar-refractivity contribution in [2.75, 3.05) is 7.11 Å². The molecule has 0 unspecified atom stereocenters. The molecule has 0 fully saturated rings. The number of carbonyl (C=O) groups excluding carboxylic acids is 1. The third-order valence-corrected chi connectivity index (χ3v) is 6.18. The van der Waals surface area contributed by atoms with Crippen LogP contribution in [0.5, 0.6) is 5.75 Å². The Balaban J connectivity index is 1.82. The molecular formula is C20H22O3. The fraction of sp³-hybridized carbons (Fsp3) is 0.450. The van der Waals surface area contributed by atoms with Crippen molar-refractivity contribution in [3.8, 4) is 5.75 Å². The van der Waals surface area contributed by atoms with Crippen molar-refractivity contribution in [1.82, 2.24) is 0 Å². The molecule has 4 rings (SSSR count). The van der Waals surface area contributed by atoms with Gasteiger partial charge in [0.05, 0.1) is 12.5 Å². The number of ketones is 1. The molecule has 3 atom stereocenters. The molecule has 0 saturated carbocycles. The molecule has 1 aromatic rings. The van der Waals surface area contributed by atoms with E-state index in [-0.39, 0.29) is 23.4 Å². The summed E-state index contributed by atoms with van der Waals surface area (Å²) in [4.78, 5) is 12.8. The van der Waals surface area contributed by atoms with Gasteiger partial charge in [0.25, 0.3) is 0 Å². The van der Waals surface area contributed by atoms with E-state index in [9.17, 15) is 9.90 Å². The van der Waals surface area contributed by atoms with Crippen molar-refractivity contribution in [2.45, 2.75) is 32.6 Å². The zero-order valence-electron chi connectivity index (χ0n) is 13.6. The predicted octanol–water partition coefficient (Wildman–Crippen LogP) is 4.08. The van der Waals surface area contributed by atoms with E-state index in [1.165, 1.54) is 16.7 Å². The fourth-order valence-electron chi connectivity index (χ4n) is 5.06. The molecule has 0 aromatic heterocycles. The molecule has 0 radical (unpaired) electrons. The van der Waals surface area contributed by atoms with Crippen LogP contribution in [0.3, 0.4) is 0 Å². The maximum atomic E-state index is 12.8. The van der Waals surface area contributed by atoms with E-state index in [2.05, 4.69) is 25.1 Å². The number of Topliss-reactive ketones (excluding diaryl/α,β-unsaturated/α-hetero) is 1. The predicted molar refractivity (Wildman–Crippen MR) is 89.3 cm³/mol. The summed E-state index contributed by atoms with van der Waals surface area (Å²) in [6, 6.07) is 6.24. The van der Waals surface area contributed by atoms with Crippen LogP contribution in [0.25, 0.3) is 5.57 Å². The van der Waals surface area contributed by atoms with E-state index in [4.69, 9.17) is 4.74 Å². The summed E-state index contributed by atoms with van der Waals surface area (Å²) in [5.74, 6) is 1.18. The maximum absolute atomic E-state index is 12.8. The molecule has 0 aliphatic heterocycles. The molecule has 0 bridgehead atoms. The Morgan fingerprint density at radius 1 is 1.39 bits per heavy atom. The van der Waals surface area contributed by atoms with Crippen LogP contribution in [0.1, 0.15) is 37.3 Å². The van der Waals surface area contributed by atoms with Gasteiger partial charge in [0, 0.05) is 0 Å². The number of methoxy groups -OCH3 is 1. The SMILES string of the molecule is CC[C@@]12C(=O)C(O)=C[C@@H]1CC=C1c3ccc(OC)cc3CC[C@@H]12. The van der Waals surface area contributed by atoms with Crippen molar-refractivity contribution in [2.24, 2.45) is 17.3 Å². The van der Waals surface area contributed by atoms with Crippen molar-refractivity contribution < 1.29 is 14.6 Å². The number of aliphatic hydroxyl groups excluding tert-OH is 1. The van der Waals surface area contributed by atoms with Gasteiger partial charge < -0.3 is 9.84 Å². The monoisotopic (exact) mass is 310 g/mol. The molecule has 0 saturated heterocycles. The first-order chi connectivity index (χ1) is 11.1. The molecule has 23 heavy (non-hydrogen) atoms. The second kappa shape index (κ2) is 4.98. The van der Waals surface area contributed by atoms with Gasteiger partial charge in [-0.3, -0.25) is 4.79 Å². The van der Waals surface area contributed by atoms with Gasteiger partial charge in [0.1, 0.15) is 5.75 Å². The third kappa shape index (κ3) is 1.79. The lowest BCUT2D eigenvalue weighted by atomic mass is 9.55. The summed E-state index contributed by atoms with van der Waals surface area (Å²) >= 11 is 0. The minimum Gasteiger partial charge on any atom is -0.505 e. The number of aliphatic hydroxyl groups is 1. The summed E-state index contributed by atoms with van der Waals surface area (Å²) < 4.78 is 5.34. The standard InChI is InChI=1S/C20H22O3/c1-3-20-13(11-18(21)19(20)22)5-7-16-15-8-6-14(23-2)10-12(15)4-9-17(16)20/h6-8,10-11,13,17,21H,3-5,9H2,1-2H3/t13-,17-,20+/m0/s1. The molecular weight excluding hydrogens is 288 g/mol. The highest BCUT2D eigenvalue weighted by molar-refractivity contribution is 6.03. The number of rotatable bonds is 2. The Hall–Kier alpha value is -2.03. The van der Waals surface area contributed by atoms with Gasteiger partial charge in [-0.1, -0.05) is 19.1 Å². The van der Waals surface area contributed by atoms with E-state index in [1.807, 2.05) is 6.07 Å². The second-order valence-electron chi connectivity index (χ2n) is 6.89. The topological polar surface area (TPSA) is 46.5 Å². The normalized spacial score (nSPS) is 31.7. The number of allylic oxidation sites excluding steroid dienone is 4. The van der Waals surface area contributed by atoms with Gasteiger partial charge in [-0.15, -0.1) is 0 Å². The molecule has 120 valence electrons. The molecule has 1 aromatic carbocycles. The zero-order chi connectivity index (χ0) is 16.2. The molecule has 3 heteroatoms. The molecule has 0 heterocycles. The summed E-state index contributed by atoms with van der Waals surface area (Å²) in [5.41, 5.74) is 3.42. The van der Waals surface area contributed by atoms with Crippen molar-refractivity contribution in [3.63, 3.8) is 0 Å². The highest BCUT2D eigenvalue weighted by Gasteiger charge is 2.57. The number of aryl methyl sites for hydroxylation is 1. The van der Waals surface area contributed by atoms with Gasteiger partial charge in [-0.2, -0.15) is 0 Å². The summed E-state index contributed by atoms with van der Waals surface area (Å²) in [6.07, 6.45) is 7.62. The lowest BCUT2D eigenvalue weighted by Gasteiger charge is -2.46. The smallest absolute Gasteiger partial charge is 0.204 e. The largest absolute Gasteiger partial charge is 0.505 e. The van der Waals surface area contributed by atoms with E-state index < -0.39 is 5.41 Å². The van der Waals surface area contributed by atoms with E-state index in [1.54, 1.807) is 13.2 Å². The van der Waals surface area contributed by atoms with Gasteiger partial charge in [-0.05, 0) is 72.4 Å². The van der Waals surface area contributed by atoms with E-state index >= 15 is 0 Å². The highest BCUT2D eigenvalue weighted by Crippen LogP contribution is 2.59. The average molecular weight is 310 g/mol. The van der Waals surface area contributed by atoms with Gasteiger partial charge in [0.2, 0.25) is 5.78 Å². The first-order valence-corrected chi connectivity index (χ1v) is 8.44. The Morgan fingerprint density at radius 2 is 2.22 bits per heavy atom. The highest BCUT2D eigenvalue weighted by atomic mass is 16.5. The van der Waals surface area contributed by atoms with Gasteiger partial charge in [-0.25, -0.2) is 0 Å². The summed E-state index contributed by atoms with van der Waals surface area (Å²) in [7, 11) is 1.69. The molecule has 1 N–H and O–H groups in total. The van der Waals surface area contributed by atoms with Gasteiger partial charge in [0.15, 0.2) is 5.76 Å². The number of hydrogen-bond donors (Lipinski definition) is 1. The minimum atomic E-state index is -0.439. The lowest BCUT2D eigenvalue weighted by molar-refractivity contribution is -0.130. The van der Waals surface area contributed by atoms with Gasteiger partial charge >= 0.3 is 0 Å². The Labute approximate surface area is 136 Å². The van der Waals surface area contributed by atoms with Crippen LogP contribution in [0.2, 0.25) is 0 Å². The lowest BCUT2D eigenvalue weighted by Crippen LogP contribution is -2.44. The van der Waals surface area contributed by atoms with Crippen LogP contribution >= 0.6 is 0 Å². The number of fused-ring (bicyclic) bond motifs is 5. The first kappa shape index (κ1) is 14.6. The zero-order valence-corrected chi connectivity index (χ0v) is 13.6. The Morgan fingerprint density at radius 3 is 2.96 bits per heavy atom. The van der Waals surface area contributed by atoms with Crippen LogP contribution in [-0.2, 0) is 11.2 Å². The maximum Gasteiger partial charge on any atom is 0.204 e. The number of hydrogen-bond acceptors (Lipinski definition) is 3. The van der Waals surface area contributed by atoms with E-state index in [0.29, 0.717) is 0 Å². The summed E-state index contributed by atoms with van der Waals surface area (Å²) in [6.45, 7) is 2.09.